The van der Waals surface area contributed by atoms with Gasteiger partial charge in [0.15, 0.2) is 0 Å². The zero-order valence-electron chi connectivity index (χ0n) is 15.2. The van der Waals surface area contributed by atoms with Gasteiger partial charge in [0.1, 0.15) is 0 Å². The van der Waals surface area contributed by atoms with Crippen molar-refractivity contribution in [3.63, 3.8) is 0 Å². The zero-order chi connectivity index (χ0) is 18.6. The Morgan fingerprint density at radius 3 is 2.59 bits per heavy atom. The topological polar surface area (TPSA) is 41.4 Å². The molecule has 0 atom stereocenters. The first-order chi connectivity index (χ1) is 13.2. The smallest absolute Gasteiger partial charge is 0.269 e. The molecule has 6 heteroatoms. The van der Waals surface area contributed by atoms with Crippen LogP contribution in [0.1, 0.15) is 6.42 Å². The molecule has 0 amide bonds. The van der Waals surface area contributed by atoms with Crippen molar-refractivity contribution in [1.29, 1.82) is 0 Å². The minimum absolute atomic E-state index is 0.0283. The molecule has 0 radical (unpaired) electrons. The molecule has 0 saturated carbocycles. The zero-order valence-corrected chi connectivity index (χ0v) is 16.0. The van der Waals surface area contributed by atoms with Crippen LogP contribution in [-0.4, -0.2) is 47.2 Å². The summed E-state index contributed by atoms with van der Waals surface area (Å²) in [7, 11) is 0. The number of fused-ring (bicyclic) bond motifs is 1. The molecule has 0 aliphatic carbocycles. The van der Waals surface area contributed by atoms with Crippen molar-refractivity contribution in [1.82, 2.24) is 14.5 Å². The second-order valence-electron chi connectivity index (χ2n) is 6.90. The molecule has 0 N–H and O–H groups in total. The first-order valence-corrected chi connectivity index (χ1v) is 9.76. The molecule has 1 aromatic heterocycles. The van der Waals surface area contributed by atoms with Crippen LogP contribution < -0.4 is 10.5 Å². The van der Waals surface area contributed by atoms with Gasteiger partial charge in [-0.1, -0.05) is 29.8 Å². The van der Waals surface area contributed by atoms with E-state index in [4.69, 9.17) is 11.6 Å². The fraction of sp³-hybridized carbons (Fsp3) is 0.333. The van der Waals surface area contributed by atoms with Crippen molar-refractivity contribution >= 4 is 28.3 Å². The van der Waals surface area contributed by atoms with E-state index < -0.39 is 0 Å². The number of anilines is 1. The van der Waals surface area contributed by atoms with Gasteiger partial charge in [0, 0.05) is 43.4 Å². The summed E-state index contributed by atoms with van der Waals surface area (Å²) in [6.07, 6.45) is 2.37. The van der Waals surface area contributed by atoms with Crippen molar-refractivity contribution < 1.29 is 0 Å². The third-order valence-electron chi connectivity index (χ3n) is 5.15. The standard InChI is InChI=1S/C21H23ClN4O/c22-17-5-3-6-18(15-17)25-13-11-24(12-14-25)9-4-10-26-20-8-2-1-7-19(20)23-16-21(26)27/h1-3,5-8,15-16H,4,9-14H2. The molecule has 2 heterocycles. The van der Waals surface area contributed by atoms with Crippen LogP contribution in [0.2, 0.25) is 5.02 Å². The largest absolute Gasteiger partial charge is 0.369 e. The van der Waals surface area contributed by atoms with Gasteiger partial charge in [0.2, 0.25) is 0 Å². The molecule has 1 saturated heterocycles. The second-order valence-corrected chi connectivity index (χ2v) is 7.34. The lowest BCUT2D eigenvalue weighted by atomic mass is 10.2. The Morgan fingerprint density at radius 1 is 0.963 bits per heavy atom. The van der Waals surface area contributed by atoms with Gasteiger partial charge in [-0.3, -0.25) is 9.69 Å². The number of halogens is 1. The number of para-hydroxylation sites is 2. The van der Waals surface area contributed by atoms with Crippen LogP contribution in [0.25, 0.3) is 11.0 Å². The molecular formula is C21H23ClN4O. The highest BCUT2D eigenvalue weighted by Crippen LogP contribution is 2.20. The summed E-state index contributed by atoms with van der Waals surface area (Å²) in [5, 5.41) is 0.782. The van der Waals surface area contributed by atoms with E-state index >= 15 is 0 Å². The van der Waals surface area contributed by atoms with Gasteiger partial charge in [-0.2, -0.15) is 0 Å². The molecule has 3 aromatic rings. The third-order valence-corrected chi connectivity index (χ3v) is 5.39. The van der Waals surface area contributed by atoms with Crippen LogP contribution in [0.5, 0.6) is 0 Å². The maximum absolute atomic E-state index is 12.2. The minimum atomic E-state index is -0.0283. The van der Waals surface area contributed by atoms with E-state index in [0.29, 0.717) is 0 Å². The fourth-order valence-corrected chi connectivity index (χ4v) is 3.88. The number of aryl methyl sites for hydroxylation is 1. The molecule has 2 aromatic carbocycles. The Morgan fingerprint density at radius 2 is 1.78 bits per heavy atom. The molecule has 0 spiro atoms. The molecule has 0 unspecified atom stereocenters. The van der Waals surface area contributed by atoms with Crippen LogP contribution in [0.4, 0.5) is 5.69 Å². The number of aromatic nitrogens is 2. The van der Waals surface area contributed by atoms with Gasteiger partial charge in [-0.25, -0.2) is 4.98 Å². The van der Waals surface area contributed by atoms with Crippen molar-refractivity contribution in [2.45, 2.75) is 13.0 Å². The summed E-state index contributed by atoms with van der Waals surface area (Å²) in [6, 6.07) is 15.9. The third kappa shape index (κ3) is 4.15. The lowest BCUT2D eigenvalue weighted by molar-refractivity contribution is 0.250. The number of piperazine rings is 1. The number of hydrogen-bond acceptors (Lipinski definition) is 4. The molecule has 1 fully saturated rings. The second kappa shape index (κ2) is 8.11. The highest BCUT2D eigenvalue weighted by Gasteiger charge is 2.17. The lowest BCUT2D eigenvalue weighted by Gasteiger charge is -2.36. The molecule has 4 rings (SSSR count). The van der Waals surface area contributed by atoms with Gasteiger partial charge in [0.05, 0.1) is 17.2 Å². The highest BCUT2D eigenvalue weighted by molar-refractivity contribution is 6.30. The van der Waals surface area contributed by atoms with Crippen molar-refractivity contribution in [3.8, 4) is 0 Å². The van der Waals surface area contributed by atoms with E-state index in [1.54, 1.807) is 0 Å². The molecule has 5 nitrogen and oxygen atoms in total. The number of hydrogen-bond donors (Lipinski definition) is 0. The van der Waals surface area contributed by atoms with Crippen LogP contribution in [-0.2, 0) is 6.54 Å². The maximum Gasteiger partial charge on any atom is 0.269 e. The Labute approximate surface area is 163 Å². The van der Waals surface area contributed by atoms with Crippen molar-refractivity contribution in [2.24, 2.45) is 0 Å². The van der Waals surface area contributed by atoms with Gasteiger partial charge in [-0.15, -0.1) is 0 Å². The average molecular weight is 383 g/mol. The van der Waals surface area contributed by atoms with Gasteiger partial charge < -0.3 is 9.47 Å². The van der Waals surface area contributed by atoms with Crippen LogP contribution in [0, 0.1) is 0 Å². The fourth-order valence-electron chi connectivity index (χ4n) is 3.70. The molecule has 27 heavy (non-hydrogen) atoms. The normalized spacial score (nSPS) is 15.4. The number of rotatable bonds is 5. The number of nitrogens with zero attached hydrogens (tertiary/aromatic N) is 4. The van der Waals surface area contributed by atoms with E-state index in [1.807, 2.05) is 47.0 Å². The van der Waals surface area contributed by atoms with E-state index in [0.717, 1.165) is 61.7 Å². The first kappa shape index (κ1) is 18.0. The van der Waals surface area contributed by atoms with Crippen LogP contribution in [0.3, 0.4) is 0 Å². The van der Waals surface area contributed by atoms with E-state index in [2.05, 4.69) is 20.9 Å². The van der Waals surface area contributed by atoms with E-state index in [-0.39, 0.29) is 5.56 Å². The quantitative estimate of drug-likeness (QED) is 0.679. The Balaban J connectivity index is 1.32. The molecule has 0 bridgehead atoms. The summed E-state index contributed by atoms with van der Waals surface area (Å²) in [5.41, 5.74) is 2.94. The van der Waals surface area contributed by atoms with Gasteiger partial charge in [0.25, 0.3) is 5.56 Å². The van der Waals surface area contributed by atoms with Gasteiger partial charge in [-0.05, 0) is 43.3 Å². The first-order valence-electron chi connectivity index (χ1n) is 9.38. The van der Waals surface area contributed by atoms with E-state index in [1.165, 1.54) is 11.9 Å². The van der Waals surface area contributed by atoms with Gasteiger partial charge >= 0.3 is 0 Å². The Bertz CT molecular complexity index is 979. The Hall–Kier alpha value is -2.37. The molecular weight excluding hydrogens is 360 g/mol. The van der Waals surface area contributed by atoms with Crippen molar-refractivity contribution in [3.05, 3.63) is 70.1 Å². The SMILES string of the molecule is O=c1cnc2ccccc2n1CCCN1CCN(c2cccc(Cl)c2)CC1. The Kier molecular flexibility index (Phi) is 5.41. The van der Waals surface area contributed by atoms with Crippen molar-refractivity contribution in [2.75, 3.05) is 37.6 Å². The predicted molar refractivity (Wildman–Crippen MR) is 111 cm³/mol. The summed E-state index contributed by atoms with van der Waals surface area (Å²) >= 11 is 6.10. The summed E-state index contributed by atoms with van der Waals surface area (Å²) in [4.78, 5) is 21.3. The molecule has 140 valence electrons. The predicted octanol–water partition coefficient (Wildman–Crippen LogP) is 3.26. The summed E-state index contributed by atoms with van der Waals surface area (Å²) < 4.78 is 1.84. The summed E-state index contributed by atoms with van der Waals surface area (Å²) in [6.45, 7) is 5.76. The van der Waals surface area contributed by atoms with E-state index in [9.17, 15) is 4.79 Å². The summed E-state index contributed by atoms with van der Waals surface area (Å²) in [5.74, 6) is 0. The minimum Gasteiger partial charge on any atom is -0.369 e. The van der Waals surface area contributed by atoms with Crippen LogP contribution >= 0.6 is 11.6 Å². The monoisotopic (exact) mass is 382 g/mol. The molecule has 1 aliphatic rings. The molecule has 1 aliphatic heterocycles. The average Bonchev–Trinajstić information content (AvgIpc) is 2.70. The van der Waals surface area contributed by atoms with Crippen LogP contribution in [0.15, 0.2) is 59.5 Å². The number of benzene rings is 2. The highest BCUT2D eigenvalue weighted by atomic mass is 35.5. The maximum atomic E-state index is 12.2. The lowest BCUT2D eigenvalue weighted by Crippen LogP contribution is -2.46.